The van der Waals surface area contributed by atoms with Gasteiger partial charge in [-0.1, -0.05) is 0 Å². The number of aromatic nitrogens is 1. The van der Waals surface area contributed by atoms with Crippen LogP contribution in [0.3, 0.4) is 0 Å². The molecule has 0 radical (unpaired) electrons. The van der Waals surface area contributed by atoms with Crippen molar-refractivity contribution >= 4 is 45.0 Å². The number of benzene rings is 2. The van der Waals surface area contributed by atoms with Crippen LogP contribution in [0.15, 0.2) is 40.8 Å². The van der Waals surface area contributed by atoms with E-state index in [2.05, 4.69) is 16.0 Å². The molecule has 0 unspecified atom stereocenters. The molecule has 0 spiro atoms. The van der Waals surface area contributed by atoms with Gasteiger partial charge < -0.3 is 9.80 Å². The molecule has 1 heterocycles. The third kappa shape index (κ3) is 3.64. The molecule has 0 saturated heterocycles. The van der Waals surface area contributed by atoms with E-state index in [0.717, 1.165) is 33.7 Å². The lowest BCUT2D eigenvalue weighted by molar-refractivity contribution is 0.552. The second-order valence-electron chi connectivity index (χ2n) is 5.95. The summed E-state index contributed by atoms with van der Waals surface area (Å²) < 4.78 is 15.3. The monoisotopic (exact) mass is 356 g/mol. The Morgan fingerprint density at radius 1 is 1.24 bits per heavy atom. The molecule has 0 N–H and O–H groups in total. The molecule has 4 nitrogen and oxygen atoms in total. The fourth-order valence-electron chi connectivity index (χ4n) is 2.57. The molecular weight excluding hydrogens is 335 g/mol. The van der Waals surface area contributed by atoms with E-state index in [9.17, 15) is 4.39 Å². The normalized spacial score (nSPS) is 11.4. The zero-order chi connectivity index (χ0) is 18.0. The SMILES string of the molecule is CCN(C)/C=N\c1cc(F)cc(N(C)c2ccc3ncsc3c2)c1C. The molecule has 0 fully saturated rings. The van der Waals surface area contributed by atoms with E-state index in [4.69, 9.17) is 0 Å². The number of anilines is 2. The Hall–Kier alpha value is -2.47. The minimum absolute atomic E-state index is 0.294. The van der Waals surface area contributed by atoms with Crippen LogP contribution in [0, 0.1) is 12.7 Å². The van der Waals surface area contributed by atoms with Gasteiger partial charge in [-0.15, -0.1) is 11.3 Å². The van der Waals surface area contributed by atoms with Crippen LogP contribution in [0.5, 0.6) is 0 Å². The Morgan fingerprint density at radius 2 is 2.04 bits per heavy atom. The highest BCUT2D eigenvalue weighted by Crippen LogP contribution is 2.35. The van der Waals surface area contributed by atoms with Crippen molar-refractivity contribution < 1.29 is 4.39 Å². The van der Waals surface area contributed by atoms with Crippen LogP contribution < -0.4 is 4.90 Å². The van der Waals surface area contributed by atoms with Crippen LogP contribution in [0.2, 0.25) is 0 Å². The first kappa shape index (κ1) is 17.4. The van der Waals surface area contributed by atoms with Crippen LogP contribution in [-0.4, -0.2) is 36.9 Å². The van der Waals surface area contributed by atoms with Gasteiger partial charge >= 0.3 is 0 Å². The highest BCUT2D eigenvalue weighted by atomic mass is 32.1. The number of thiazole rings is 1. The van der Waals surface area contributed by atoms with Crippen molar-refractivity contribution in [2.45, 2.75) is 13.8 Å². The Balaban J connectivity index is 2.00. The number of fused-ring (bicyclic) bond motifs is 1. The quantitative estimate of drug-likeness (QED) is 0.469. The highest BCUT2D eigenvalue weighted by Gasteiger charge is 2.13. The molecule has 130 valence electrons. The first-order valence-electron chi connectivity index (χ1n) is 8.11. The summed E-state index contributed by atoms with van der Waals surface area (Å²) in [6.07, 6.45) is 1.73. The van der Waals surface area contributed by atoms with Crippen molar-refractivity contribution in [2.24, 2.45) is 4.99 Å². The zero-order valence-corrected chi connectivity index (χ0v) is 15.6. The fourth-order valence-corrected chi connectivity index (χ4v) is 3.28. The molecule has 1 aromatic heterocycles. The summed E-state index contributed by atoms with van der Waals surface area (Å²) in [6.45, 7) is 4.86. The van der Waals surface area contributed by atoms with E-state index in [1.165, 1.54) is 6.07 Å². The fraction of sp³-hybridized carbons (Fsp3) is 0.263. The summed E-state index contributed by atoms with van der Waals surface area (Å²) >= 11 is 1.60. The number of hydrogen-bond donors (Lipinski definition) is 0. The first-order valence-corrected chi connectivity index (χ1v) is 8.99. The molecule has 0 saturated carbocycles. The molecule has 3 rings (SSSR count). The minimum Gasteiger partial charge on any atom is -0.366 e. The van der Waals surface area contributed by atoms with Crippen LogP contribution in [0.4, 0.5) is 21.5 Å². The number of halogens is 1. The summed E-state index contributed by atoms with van der Waals surface area (Å²) in [4.78, 5) is 12.7. The third-order valence-corrected chi connectivity index (χ3v) is 5.07. The van der Waals surface area contributed by atoms with Crippen molar-refractivity contribution in [1.82, 2.24) is 9.88 Å². The Morgan fingerprint density at radius 3 is 2.80 bits per heavy atom. The molecule has 0 amide bonds. The zero-order valence-electron chi connectivity index (χ0n) is 14.8. The standard InChI is InChI=1S/C19H21FN4S/c1-5-23(3)11-21-17-8-14(20)9-18(13(17)2)24(4)15-6-7-16-19(10-15)25-12-22-16/h6-12H,5H2,1-4H3/b21-11-. The Bertz CT molecular complexity index is 919. The predicted molar refractivity (Wildman–Crippen MR) is 105 cm³/mol. The van der Waals surface area contributed by atoms with Crippen LogP contribution in [-0.2, 0) is 0 Å². The molecule has 3 aromatic rings. The van der Waals surface area contributed by atoms with E-state index in [-0.39, 0.29) is 5.82 Å². The van der Waals surface area contributed by atoms with Crippen molar-refractivity contribution in [2.75, 3.05) is 25.5 Å². The predicted octanol–water partition coefficient (Wildman–Crippen LogP) is 5.12. The van der Waals surface area contributed by atoms with Crippen LogP contribution in [0.1, 0.15) is 12.5 Å². The van der Waals surface area contributed by atoms with Crippen molar-refractivity contribution in [3.05, 3.63) is 47.2 Å². The van der Waals surface area contributed by atoms with Gasteiger partial charge in [0.15, 0.2) is 0 Å². The second kappa shape index (κ2) is 7.19. The second-order valence-corrected chi connectivity index (χ2v) is 6.84. The summed E-state index contributed by atoms with van der Waals surface area (Å²) in [5.74, 6) is -0.294. The maximum atomic E-state index is 14.2. The third-order valence-electron chi connectivity index (χ3n) is 4.27. The van der Waals surface area contributed by atoms with E-state index in [1.54, 1.807) is 23.7 Å². The van der Waals surface area contributed by atoms with Crippen molar-refractivity contribution in [3.63, 3.8) is 0 Å². The molecule has 0 aliphatic heterocycles. The molecule has 0 bridgehead atoms. The van der Waals surface area contributed by atoms with Crippen LogP contribution >= 0.6 is 11.3 Å². The van der Waals surface area contributed by atoms with Gasteiger partial charge in [0.05, 0.1) is 27.8 Å². The molecule has 25 heavy (non-hydrogen) atoms. The van der Waals surface area contributed by atoms with E-state index < -0.39 is 0 Å². The smallest absolute Gasteiger partial charge is 0.127 e. The van der Waals surface area contributed by atoms with Crippen molar-refractivity contribution in [1.29, 1.82) is 0 Å². The summed E-state index contributed by atoms with van der Waals surface area (Å²) in [5.41, 5.74) is 6.18. The Kier molecular flexibility index (Phi) is 4.99. The molecular formula is C19H21FN4S. The van der Waals surface area contributed by atoms with Gasteiger partial charge in [-0.25, -0.2) is 14.4 Å². The molecule has 6 heteroatoms. The first-order chi connectivity index (χ1) is 12.0. The van der Waals surface area contributed by atoms with E-state index in [1.807, 2.05) is 55.4 Å². The van der Waals surface area contributed by atoms with Crippen molar-refractivity contribution in [3.8, 4) is 0 Å². The molecule has 0 atom stereocenters. The molecule has 2 aromatic carbocycles. The number of nitrogens with zero attached hydrogens (tertiary/aromatic N) is 4. The lowest BCUT2D eigenvalue weighted by Crippen LogP contribution is -2.14. The van der Waals surface area contributed by atoms with Crippen LogP contribution in [0.25, 0.3) is 10.2 Å². The molecule has 0 aliphatic rings. The van der Waals surface area contributed by atoms with Gasteiger partial charge in [0.1, 0.15) is 5.82 Å². The topological polar surface area (TPSA) is 31.7 Å². The lowest BCUT2D eigenvalue weighted by atomic mass is 10.1. The van der Waals surface area contributed by atoms with Gasteiger partial charge in [0.25, 0.3) is 0 Å². The van der Waals surface area contributed by atoms with Gasteiger partial charge in [-0.2, -0.15) is 0 Å². The number of hydrogen-bond acceptors (Lipinski definition) is 4. The molecule has 0 aliphatic carbocycles. The average molecular weight is 356 g/mol. The maximum Gasteiger partial charge on any atom is 0.127 e. The summed E-state index contributed by atoms with van der Waals surface area (Å²) in [6, 6.07) is 9.08. The largest absolute Gasteiger partial charge is 0.366 e. The highest BCUT2D eigenvalue weighted by molar-refractivity contribution is 7.16. The van der Waals surface area contributed by atoms with Gasteiger partial charge in [0.2, 0.25) is 0 Å². The average Bonchev–Trinajstić information content (AvgIpc) is 3.08. The summed E-state index contributed by atoms with van der Waals surface area (Å²) in [7, 11) is 3.88. The van der Waals surface area contributed by atoms with Gasteiger partial charge in [0, 0.05) is 32.0 Å². The van der Waals surface area contributed by atoms with Gasteiger partial charge in [-0.05, 0) is 49.7 Å². The number of aliphatic imine (C=N–C) groups is 1. The lowest BCUT2D eigenvalue weighted by Gasteiger charge is -2.23. The minimum atomic E-state index is -0.294. The Labute approximate surface area is 151 Å². The maximum absolute atomic E-state index is 14.2. The summed E-state index contributed by atoms with van der Waals surface area (Å²) in [5, 5.41) is 0. The van der Waals surface area contributed by atoms with E-state index in [0.29, 0.717) is 5.69 Å². The van der Waals surface area contributed by atoms with Gasteiger partial charge in [-0.3, -0.25) is 0 Å². The number of rotatable bonds is 5. The van der Waals surface area contributed by atoms with E-state index >= 15 is 0 Å².